The third-order valence-electron chi connectivity index (χ3n) is 3.86. The summed E-state index contributed by atoms with van der Waals surface area (Å²) in [6.07, 6.45) is 1.58. The molecule has 0 unspecified atom stereocenters. The predicted molar refractivity (Wildman–Crippen MR) is 107 cm³/mol. The summed E-state index contributed by atoms with van der Waals surface area (Å²) in [5.74, 6) is -0.0332. The molecule has 8 heteroatoms. The maximum Gasteiger partial charge on any atom is 0.363 e. The molecule has 0 saturated heterocycles. The monoisotopic (exact) mass is 415 g/mol. The fraction of sp³-hybridized carbons (Fsp3) is 0.190. The van der Waals surface area contributed by atoms with E-state index in [-0.39, 0.29) is 18.2 Å². The molecule has 1 heterocycles. The van der Waals surface area contributed by atoms with Crippen molar-refractivity contribution in [3.63, 3.8) is 0 Å². The topological polar surface area (TPSA) is 83.4 Å². The van der Waals surface area contributed by atoms with Crippen molar-refractivity contribution in [1.29, 1.82) is 0 Å². The SMILES string of the molecule is CCOc1cc(/C=C2/N=C(c3ccc(Cl)cc3)OC2=O)ccc1OCC(=O)OC. The second-order valence-electron chi connectivity index (χ2n) is 5.85. The van der Waals surface area contributed by atoms with Gasteiger partial charge in [-0.05, 0) is 55.0 Å². The van der Waals surface area contributed by atoms with Crippen LogP contribution in [0.1, 0.15) is 18.1 Å². The number of carbonyl (C=O) groups excluding carboxylic acids is 2. The molecule has 29 heavy (non-hydrogen) atoms. The molecule has 0 spiro atoms. The molecule has 150 valence electrons. The molecule has 1 aliphatic heterocycles. The molecule has 0 saturated carbocycles. The first-order valence-electron chi connectivity index (χ1n) is 8.75. The molecule has 2 aromatic rings. The second kappa shape index (κ2) is 9.25. The van der Waals surface area contributed by atoms with E-state index in [2.05, 4.69) is 9.73 Å². The molecule has 0 aromatic heterocycles. The standard InChI is InChI=1S/C21H18ClNO6/c1-3-27-18-11-13(4-9-17(18)28-12-19(24)26-2)10-16-21(25)29-20(23-16)14-5-7-15(22)8-6-14/h4-11H,3,12H2,1-2H3/b16-10+. The van der Waals surface area contributed by atoms with Crippen LogP contribution in [-0.2, 0) is 19.1 Å². The average Bonchev–Trinajstić information content (AvgIpc) is 3.08. The van der Waals surface area contributed by atoms with Crippen molar-refractivity contribution >= 4 is 35.5 Å². The number of aliphatic imine (C=N–C) groups is 1. The summed E-state index contributed by atoms with van der Waals surface area (Å²) in [5, 5.41) is 0.576. The fourth-order valence-electron chi connectivity index (χ4n) is 2.48. The Hall–Kier alpha value is -3.32. The van der Waals surface area contributed by atoms with Gasteiger partial charge in [0.15, 0.2) is 23.8 Å². The third-order valence-corrected chi connectivity index (χ3v) is 4.11. The Morgan fingerprint density at radius 2 is 1.90 bits per heavy atom. The molecule has 0 radical (unpaired) electrons. The number of rotatable bonds is 7. The maximum absolute atomic E-state index is 12.2. The number of esters is 2. The lowest BCUT2D eigenvalue weighted by Crippen LogP contribution is -2.13. The minimum Gasteiger partial charge on any atom is -0.490 e. The van der Waals surface area contributed by atoms with Gasteiger partial charge in [0.1, 0.15) is 0 Å². The highest BCUT2D eigenvalue weighted by atomic mass is 35.5. The van der Waals surface area contributed by atoms with E-state index in [1.807, 2.05) is 6.92 Å². The molecule has 1 aliphatic rings. The lowest BCUT2D eigenvalue weighted by Gasteiger charge is -2.11. The summed E-state index contributed by atoms with van der Waals surface area (Å²) in [6.45, 7) is 1.99. The summed E-state index contributed by atoms with van der Waals surface area (Å²) in [6, 6.07) is 11.9. The summed E-state index contributed by atoms with van der Waals surface area (Å²) in [5.41, 5.74) is 1.46. The Morgan fingerprint density at radius 3 is 2.59 bits per heavy atom. The van der Waals surface area contributed by atoms with Gasteiger partial charge in [0, 0.05) is 10.6 Å². The zero-order valence-electron chi connectivity index (χ0n) is 15.8. The number of nitrogens with zero attached hydrogens (tertiary/aromatic N) is 1. The van der Waals surface area contributed by atoms with Gasteiger partial charge in [0.25, 0.3) is 0 Å². The summed E-state index contributed by atoms with van der Waals surface area (Å²) in [7, 11) is 1.28. The van der Waals surface area contributed by atoms with Crippen LogP contribution in [0.15, 0.2) is 53.2 Å². The van der Waals surface area contributed by atoms with Gasteiger partial charge in [0.2, 0.25) is 5.90 Å². The molecule has 0 amide bonds. The van der Waals surface area contributed by atoms with Crippen LogP contribution in [0.4, 0.5) is 0 Å². The normalized spacial score (nSPS) is 14.4. The minimum atomic E-state index is -0.557. The zero-order chi connectivity index (χ0) is 20.8. The van der Waals surface area contributed by atoms with Gasteiger partial charge in [-0.3, -0.25) is 0 Å². The first-order chi connectivity index (χ1) is 14.0. The number of methoxy groups -OCH3 is 1. The smallest absolute Gasteiger partial charge is 0.363 e. The second-order valence-corrected chi connectivity index (χ2v) is 6.28. The maximum atomic E-state index is 12.2. The Morgan fingerprint density at radius 1 is 1.14 bits per heavy atom. The molecular weight excluding hydrogens is 398 g/mol. The molecule has 2 aromatic carbocycles. The van der Waals surface area contributed by atoms with E-state index >= 15 is 0 Å². The minimum absolute atomic E-state index is 0.153. The average molecular weight is 416 g/mol. The number of carbonyl (C=O) groups is 2. The van der Waals surface area contributed by atoms with Crippen LogP contribution in [-0.4, -0.2) is 38.2 Å². The fourth-order valence-corrected chi connectivity index (χ4v) is 2.61. The Bertz CT molecular complexity index is 981. The molecule has 3 rings (SSSR count). The number of benzene rings is 2. The first-order valence-corrected chi connectivity index (χ1v) is 9.13. The van der Waals surface area contributed by atoms with E-state index in [1.165, 1.54) is 7.11 Å². The van der Waals surface area contributed by atoms with E-state index in [0.29, 0.717) is 34.3 Å². The number of ether oxygens (including phenoxy) is 4. The number of hydrogen-bond acceptors (Lipinski definition) is 7. The molecule has 0 atom stereocenters. The Balaban J connectivity index is 1.84. The zero-order valence-corrected chi connectivity index (χ0v) is 16.6. The first kappa shape index (κ1) is 20.4. The van der Waals surface area contributed by atoms with Crippen molar-refractivity contribution in [3.05, 3.63) is 64.3 Å². The van der Waals surface area contributed by atoms with Crippen LogP contribution in [0.3, 0.4) is 0 Å². The van der Waals surface area contributed by atoms with Gasteiger partial charge < -0.3 is 18.9 Å². The van der Waals surface area contributed by atoms with E-state index < -0.39 is 11.9 Å². The molecule has 7 nitrogen and oxygen atoms in total. The van der Waals surface area contributed by atoms with E-state index in [1.54, 1.807) is 48.5 Å². The van der Waals surface area contributed by atoms with Gasteiger partial charge in [-0.25, -0.2) is 14.6 Å². The van der Waals surface area contributed by atoms with Crippen LogP contribution < -0.4 is 9.47 Å². The highest BCUT2D eigenvalue weighted by Gasteiger charge is 2.24. The Labute approximate surface area is 172 Å². The van der Waals surface area contributed by atoms with Gasteiger partial charge in [0.05, 0.1) is 13.7 Å². The van der Waals surface area contributed by atoms with Crippen LogP contribution in [0, 0.1) is 0 Å². The van der Waals surface area contributed by atoms with E-state index in [0.717, 1.165) is 0 Å². The summed E-state index contributed by atoms with van der Waals surface area (Å²) >= 11 is 5.88. The van der Waals surface area contributed by atoms with E-state index in [4.69, 9.17) is 25.8 Å². The van der Waals surface area contributed by atoms with Gasteiger partial charge in [-0.2, -0.15) is 0 Å². The molecule has 0 bridgehead atoms. The van der Waals surface area contributed by atoms with Crippen LogP contribution in [0.2, 0.25) is 5.02 Å². The van der Waals surface area contributed by atoms with Crippen molar-refractivity contribution in [3.8, 4) is 11.5 Å². The molecule has 0 fully saturated rings. The molecule has 0 N–H and O–H groups in total. The lowest BCUT2D eigenvalue weighted by atomic mass is 10.1. The van der Waals surface area contributed by atoms with Crippen LogP contribution in [0.25, 0.3) is 6.08 Å². The van der Waals surface area contributed by atoms with E-state index in [9.17, 15) is 9.59 Å². The van der Waals surface area contributed by atoms with Gasteiger partial charge in [-0.1, -0.05) is 17.7 Å². The highest BCUT2D eigenvalue weighted by molar-refractivity contribution is 6.30. The summed E-state index contributed by atoms with van der Waals surface area (Å²) < 4.78 is 20.8. The van der Waals surface area contributed by atoms with Crippen molar-refractivity contribution in [2.45, 2.75) is 6.92 Å². The number of hydrogen-bond donors (Lipinski definition) is 0. The van der Waals surface area contributed by atoms with Crippen molar-refractivity contribution in [1.82, 2.24) is 0 Å². The largest absolute Gasteiger partial charge is 0.490 e. The van der Waals surface area contributed by atoms with Crippen LogP contribution >= 0.6 is 11.6 Å². The number of halogens is 1. The Kier molecular flexibility index (Phi) is 6.51. The quantitative estimate of drug-likeness (QED) is 0.507. The van der Waals surface area contributed by atoms with Crippen molar-refractivity contribution in [2.75, 3.05) is 20.3 Å². The molecule has 0 aliphatic carbocycles. The lowest BCUT2D eigenvalue weighted by molar-refractivity contribution is -0.143. The van der Waals surface area contributed by atoms with Gasteiger partial charge in [-0.15, -0.1) is 0 Å². The summed E-state index contributed by atoms with van der Waals surface area (Å²) in [4.78, 5) is 27.7. The predicted octanol–water partition coefficient (Wildman–Crippen LogP) is 3.64. The third kappa shape index (κ3) is 5.14. The van der Waals surface area contributed by atoms with Crippen LogP contribution in [0.5, 0.6) is 11.5 Å². The van der Waals surface area contributed by atoms with Gasteiger partial charge >= 0.3 is 11.9 Å². The highest BCUT2D eigenvalue weighted by Crippen LogP contribution is 2.30. The van der Waals surface area contributed by atoms with Crippen molar-refractivity contribution in [2.24, 2.45) is 4.99 Å². The van der Waals surface area contributed by atoms with Crippen molar-refractivity contribution < 1.29 is 28.5 Å². The number of cyclic esters (lactones) is 1. The molecular formula is C21H18ClNO6.